The van der Waals surface area contributed by atoms with Crippen LogP contribution in [0.5, 0.6) is 0 Å². The second kappa shape index (κ2) is 8.74. The normalized spacial score (nSPS) is 16.6. The van der Waals surface area contributed by atoms with E-state index in [2.05, 4.69) is 4.90 Å². The van der Waals surface area contributed by atoms with E-state index in [1.807, 2.05) is 41.3 Å². The molecule has 2 aromatic rings. The Morgan fingerprint density at radius 3 is 2.36 bits per heavy atom. The average molecular weight is 342 g/mol. The first-order chi connectivity index (χ1) is 12.3. The highest BCUT2D eigenvalue weighted by Crippen LogP contribution is 2.20. The third-order valence-corrected chi connectivity index (χ3v) is 4.53. The van der Waals surface area contributed by atoms with Crippen LogP contribution in [0.3, 0.4) is 0 Å². The van der Waals surface area contributed by atoms with Gasteiger partial charge >= 0.3 is 0 Å². The summed E-state index contributed by atoms with van der Waals surface area (Å²) >= 11 is 0. The van der Waals surface area contributed by atoms with E-state index in [-0.39, 0.29) is 11.9 Å². The summed E-state index contributed by atoms with van der Waals surface area (Å²) in [5.41, 5.74) is 1.72. The number of ether oxygens (including phenoxy) is 1. The highest BCUT2D eigenvalue weighted by Gasteiger charge is 2.24. The molecule has 1 saturated heterocycles. The fourth-order valence-corrected chi connectivity index (χ4v) is 3.11. The zero-order chi connectivity index (χ0) is 17.5. The molecule has 2 aromatic carbocycles. The van der Waals surface area contributed by atoms with E-state index in [1.165, 1.54) is 6.07 Å². The summed E-state index contributed by atoms with van der Waals surface area (Å²) in [5.74, 6) is -0.200. The van der Waals surface area contributed by atoms with Gasteiger partial charge in [0.05, 0.1) is 24.9 Å². The van der Waals surface area contributed by atoms with Gasteiger partial charge in [-0.15, -0.1) is 0 Å². The third-order valence-electron chi connectivity index (χ3n) is 4.53. The van der Waals surface area contributed by atoms with E-state index >= 15 is 0 Å². The largest absolute Gasteiger partial charge is 0.375 e. The van der Waals surface area contributed by atoms with Gasteiger partial charge in [0.25, 0.3) is 0 Å². The maximum atomic E-state index is 13.9. The number of hydrogen-bond donors (Lipinski definition) is 0. The molecule has 5 heteroatoms. The van der Waals surface area contributed by atoms with Gasteiger partial charge in [-0.1, -0.05) is 42.5 Å². The molecule has 25 heavy (non-hydrogen) atoms. The van der Waals surface area contributed by atoms with Crippen LogP contribution in [0, 0.1) is 5.82 Å². The summed E-state index contributed by atoms with van der Waals surface area (Å²) in [6.07, 6.45) is 0.948. The number of anilines is 1. The summed E-state index contributed by atoms with van der Waals surface area (Å²) in [4.78, 5) is 15.6. The molecule has 1 aliphatic rings. The van der Waals surface area contributed by atoms with Crippen molar-refractivity contribution in [2.24, 2.45) is 0 Å². The van der Waals surface area contributed by atoms with E-state index in [1.54, 1.807) is 12.1 Å². The minimum atomic E-state index is -0.258. The second-order valence-electron chi connectivity index (χ2n) is 6.18. The molecule has 132 valence electrons. The number of halogens is 1. The highest BCUT2D eigenvalue weighted by molar-refractivity contribution is 5.58. The number of nitrogens with zero attached hydrogens (tertiary/aromatic N) is 2. The zero-order valence-electron chi connectivity index (χ0n) is 14.2. The summed E-state index contributed by atoms with van der Waals surface area (Å²) in [6.45, 7) is 3.70. The van der Waals surface area contributed by atoms with E-state index < -0.39 is 0 Å². The van der Waals surface area contributed by atoms with Crippen LogP contribution in [0.15, 0.2) is 54.6 Å². The standard InChI is InChI=1S/C20H23FN2O2/c21-19-8-4-5-9-20(19)23-12-10-22(11-13-23)18(14-24)16-25-15-17-6-2-1-3-7-17/h1-9,14,18H,10-13,15-16H2. The lowest BCUT2D eigenvalue weighted by atomic mass is 10.2. The molecule has 3 rings (SSSR count). The Hall–Kier alpha value is -2.24. The quantitative estimate of drug-likeness (QED) is 0.725. The van der Waals surface area contributed by atoms with Crippen molar-refractivity contribution in [3.05, 3.63) is 66.0 Å². The predicted octanol–water partition coefficient (Wildman–Crippen LogP) is 2.73. The Balaban J connectivity index is 1.48. The zero-order valence-corrected chi connectivity index (χ0v) is 14.2. The second-order valence-corrected chi connectivity index (χ2v) is 6.18. The van der Waals surface area contributed by atoms with E-state index in [4.69, 9.17) is 4.74 Å². The van der Waals surface area contributed by atoms with Gasteiger partial charge in [0, 0.05) is 26.2 Å². The number of carbonyl (C=O) groups is 1. The molecule has 0 N–H and O–H groups in total. The van der Waals surface area contributed by atoms with E-state index in [0.717, 1.165) is 11.8 Å². The van der Waals surface area contributed by atoms with Crippen LogP contribution in [0.2, 0.25) is 0 Å². The van der Waals surface area contributed by atoms with Gasteiger partial charge in [-0.05, 0) is 17.7 Å². The monoisotopic (exact) mass is 342 g/mol. The molecular formula is C20H23FN2O2. The number of rotatable bonds is 7. The molecule has 1 atom stereocenters. The van der Waals surface area contributed by atoms with Gasteiger partial charge in [-0.3, -0.25) is 4.90 Å². The Morgan fingerprint density at radius 1 is 1.00 bits per heavy atom. The first kappa shape index (κ1) is 17.6. The summed E-state index contributed by atoms with van der Waals surface area (Å²) in [5, 5.41) is 0. The summed E-state index contributed by atoms with van der Waals surface area (Å²) in [6, 6.07) is 16.5. The maximum absolute atomic E-state index is 13.9. The van der Waals surface area contributed by atoms with Crippen LogP contribution >= 0.6 is 0 Å². The van der Waals surface area contributed by atoms with Crippen molar-refractivity contribution in [3.8, 4) is 0 Å². The molecule has 0 amide bonds. The van der Waals surface area contributed by atoms with Crippen molar-refractivity contribution < 1.29 is 13.9 Å². The van der Waals surface area contributed by atoms with Crippen LogP contribution in [0.1, 0.15) is 5.56 Å². The summed E-state index contributed by atoms with van der Waals surface area (Å²) in [7, 11) is 0. The van der Waals surface area contributed by atoms with Gasteiger partial charge in [0.1, 0.15) is 12.1 Å². The molecule has 0 aromatic heterocycles. The first-order valence-corrected chi connectivity index (χ1v) is 8.58. The highest BCUT2D eigenvalue weighted by atomic mass is 19.1. The van der Waals surface area contributed by atoms with Crippen LogP contribution in [-0.2, 0) is 16.1 Å². The lowest BCUT2D eigenvalue weighted by Gasteiger charge is -2.38. The Morgan fingerprint density at radius 2 is 1.68 bits per heavy atom. The van der Waals surface area contributed by atoms with Crippen LogP contribution in [0.25, 0.3) is 0 Å². The molecule has 0 bridgehead atoms. The lowest BCUT2D eigenvalue weighted by Crippen LogP contribution is -2.52. The smallest absolute Gasteiger partial charge is 0.146 e. The molecule has 0 spiro atoms. The summed E-state index contributed by atoms with van der Waals surface area (Å²) < 4.78 is 19.6. The molecule has 1 aliphatic heterocycles. The van der Waals surface area contributed by atoms with Crippen LogP contribution in [-0.4, -0.2) is 50.0 Å². The fraction of sp³-hybridized carbons (Fsp3) is 0.350. The van der Waals surface area contributed by atoms with E-state index in [9.17, 15) is 9.18 Å². The van der Waals surface area contributed by atoms with Crippen molar-refractivity contribution in [1.82, 2.24) is 4.90 Å². The van der Waals surface area contributed by atoms with Gasteiger partial charge < -0.3 is 14.4 Å². The molecule has 1 fully saturated rings. The number of carbonyl (C=O) groups excluding carboxylic acids is 1. The maximum Gasteiger partial charge on any atom is 0.146 e. The van der Waals surface area contributed by atoms with Gasteiger partial charge in [0.2, 0.25) is 0 Å². The Labute approximate surface area is 147 Å². The minimum absolute atomic E-state index is 0.200. The first-order valence-electron chi connectivity index (χ1n) is 8.58. The average Bonchev–Trinajstić information content (AvgIpc) is 2.67. The fourth-order valence-electron chi connectivity index (χ4n) is 3.11. The molecular weight excluding hydrogens is 319 g/mol. The number of para-hydroxylation sites is 1. The molecule has 1 heterocycles. The van der Waals surface area contributed by atoms with E-state index in [0.29, 0.717) is 45.1 Å². The van der Waals surface area contributed by atoms with Gasteiger partial charge in [-0.25, -0.2) is 4.39 Å². The van der Waals surface area contributed by atoms with Crippen molar-refractivity contribution in [2.45, 2.75) is 12.6 Å². The number of aldehydes is 1. The molecule has 0 aliphatic carbocycles. The Bertz CT molecular complexity index is 672. The van der Waals surface area contributed by atoms with Gasteiger partial charge in [-0.2, -0.15) is 0 Å². The third kappa shape index (κ3) is 4.65. The van der Waals surface area contributed by atoms with Crippen LogP contribution in [0.4, 0.5) is 10.1 Å². The molecule has 0 radical (unpaired) electrons. The predicted molar refractivity (Wildman–Crippen MR) is 96.1 cm³/mol. The molecule has 4 nitrogen and oxygen atoms in total. The van der Waals surface area contributed by atoms with Crippen molar-refractivity contribution >= 4 is 12.0 Å². The SMILES string of the molecule is O=CC(COCc1ccccc1)N1CCN(c2ccccc2F)CC1. The molecule has 0 saturated carbocycles. The number of benzene rings is 2. The van der Waals surface area contributed by atoms with Crippen LogP contribution < -0.4 is 4.90 Å². The Kier molecular flexibility index (Phi) is 6.14. The molecule has 1 unspecified atom stereocenters. The number of hydrogen-bond acceptors (Lipinski definition) is 4. The lowest BCUT2D eigenvalue weighted by molar-refractivity contribution is -0.115. The topological polar surface area (TPSA) is 32.8 Å². The number of piperazine rings is 1. The van der Waals surface area contributed by atoms with Crippen molar-refractivity contribution in [2.75, 3.05) is 37.7 Å². The van der Waals surface area contributed by atoms with Crippen molar-refractivity contribution in [1.29, 1.82) is 0 Å². The van der Waals surface area contributed by atoms with Gasteiger partial charge in [0.15, 0.2) is 0 Å². The van der Waals surface area contributed by atoms with Crippen molar-refractivity contribution in [3.63, 3.8) is 0 Å². The minimum Gasteiger partial charge on any atom is -0.375 e.